The van der Waals surface area contributed by atoms with Crippen molar-refractivity contribution >= 4 is 22.9 Å². The summed E-state index contributed by atoms with van der Waals surface area (Å²) < 4.78 is 5.97. The Morgan fingerprint density at radius 2 is 1.91 bits per heavy atom. The molecule has 0 aliphatic carbocycles. The van der Waals surface area contributed by atoms with Gasteiger partial charge in [-0.25, -0.2) is 0 Å². The smallest absolute Gasteiger partial charge is 0.134 e. The van der Waals surface area contributed by atoms with E-state index in [1.165, 1.54) is 0 Å². The molecule has 2 aliphatic heterocycles. The molecule has 2 aromatic carbocycles. The standard InChI is InChI=1S/C27H30ClN3O2/c1-27(2,32)19-7-12-26-24(17-19)22(23-6-4-14-31-25(23)18-33-26)5-3-13-29-15-16-30-21-10-8-20(28)9-11-21/h4-12,14,17-18,29-32H,3,13,15-16H2,1-2H3/b22-5-. The molecular formula is C27H30ClN3O2. The molecule has 33 heavy (non-hydrogen) atoms. The molecule has 0 amide bonds. The Morgan fingerprint density at radius 1 is 1.09 bits per heavy atom. The van der Waals surface area contributed by atoms with Crippen molar-refractivity contribution in [1.82, 2.24) is 10.6 Å². The van der Waals surface area contributed by atoms with E-state index < -0.39 is 5.60 Å². The van der Waals surface area contributed by atoms with E-state index in [0.29, 0.717) is 0 Å². The summed E-state index contributed by atoms with van der Waals surface area (Å²) in [5.41, 5.74) is 5.06. The van der Waals surface area contributed by atoms with Gasteiger partial charge in [-0.05, 0) is 80.4 Å². The second-order valence-electron chi connectivity index (χ2n) is 8.59. The highest BCUT2D eigenvalue weighted by atomic mass is 35.5. The fraction of sp³-hybridized carbons (Fsp3) is 0.259. The highest BCUT2D eigenvalue weighted by Crippen LogP contribution is 2.39. The van der Waals surface area contributed by atoms with Gasteiger partial charge in [0, 0.05) is 41.1 Å². The molecule has 4 N–H and O–H groups in total. The van der Waals surface area contributed by atoms with E-state index >= 15 is 0 Å². The molecule has 2 aliphatic rings. The predicted molar refractivity (Wildman–Crippen MR) is 136 cm³/mol. The average molecular weight is 464 g/mol. The molecule has 2 heterocycles. The zero-order valence-corrected chi connectivity index (χ0v) is 19.7. The first kappa shape index (κ1) is 23.2. The molecule has 2 aromatic rings. The Balaban J connectivity index is 1.44. The number of benzene rings is 2. The molecule has 5 nitrogen and oxygen atoms in total. The fourth-order valence-corrected chi connectivity index (χ4v) is 3.93. The third-order valence-corrected chi connectivity index (χ3v) is 5.85. The van der Waals surface area contributed by atoms with E-state index in [1.54, 1.807) is 20.1 Å². The lowest BCUT2D eigenvalue weighted by atomic mass is 9.89. The SMILES string of the molecule is CC(C)(O)c1ccc2c(c1)/C(=C\CCNCCNc1ccc(Cl)cc1)C1=CC=CNC1=CO2. The molecule has 6 heteroatoms. The van der Waals surface area contributed by atoms with Crippen LogP contribution in [0.15, 0.2) is 84.4 Å². The van der Waals surface area contributed by atoms with Crippen molar-refractivity contribution in [3.05, 3.63) is 101 Å². The van der Waals surface area contributed by atoms with Crippen molar-refractivity contribution < 1.29 is 9.84 Å². The first-order valence-electron chi connectivity index (χ1n) is 11.2. The molecule has 0 bridgehead atoms. The molecule has 4 rings (SSSR count). The summed E-state index contributed by atoms with van der Waals surface area (Å²) in [6.45, 7) is 6.13. The Labute approximate surface area is 200 Å². The average Bonchev–Trinajstić information content (AvgIpc) is 2.96. The third kappa shape index (κ3) is 5.88. The maximum absolute atomic E-state index is 10.5. The Hall–Kier alpha value is -2.99. The van der Waals surface area contributed by atoms with Gasteiger partial charge in [0.2, 0.25) is 0 Å². The van der Waals surface area contributed by atoms with Crippen LogP contribution in [0.5, 0.6) is 5.75 Å². The van der Waals surface area contributed by atoms with Crippen LogP contribution in [0.2, 0.25) is 5.02 Å². The first-order chi connectivity index (χ1) is 15.9. The number of aliphatic hydroxyl groups is 1. The van der Waals surface area contributed by atoms with Gasteiger partial charge in [0.05, 0.1) is 11.3 Å². The number of dihydropyridines is 1. The number of allylic oxidation sites excluding steroid dienone is 3. The van der Waals surface area contributed by atoms with E-state index in [9.17, 15) is 5.11 Å². The number of rotatable bonds is 8. The summed E-state index contributed by atoms with van der Waals surface area (Å²) in [6.07, 6.45) is 10.8. The number of anilines is 1. The van der Waals surface area contributed by atoms with Crippen LogP contribution in [-0.2, 0) is 5.60 Å². The van der Waals surface area contributed by atoms with Gasteiger partial charge in [0.1, 0.15) is 12.0 Å². The largest absolute Gasteiger partial charge is 0.462 e. The maximum atomic E-state index is 10.5. The Morgan fingerprint density at radius 3 is 2.70 bits per heavy atom. The van der Waals surface area contributed by atoms with Gasteiger partial charge in [0.25, 0.3) is 0 Å². The Kier molecular flexibility index (Phi) is 7.23. The minimum atomic E-state index is -0.930. The molecule has 0 spiro atoms. The lowest BCUT2D eigenvalue weighted by molar-refractivity contribution is 0.0785. The van der Waals surface area contributed by atoms with Crippen molar-refractivity contribution in [3.63, 3.8) is 0 Å². The van der Waals surface area contributed by atoms with Gasteiger partial charge in [-0.1, -0.05) is 29.8 Å². The highest BCUT2D eigenvalue weighted by molar-refractivity contribution is 6.30. The van der Waals surface area contributed by atoms with E-state index in [0.717, 1.165) is 70.5 Å². The molecule has 0 saturated carbocycles. The van der Waals surface area contributed by atoms with Crippen molar-refractivity contribution in [2.45, 2.75) is 25.9 Å². The molecule has 0 aromatic heterocycles. The number of nitrogens with one attached hydrogen (secondary N) is 3. The third-order valence-electron chi connectivity index (χ3n) is 5.60. The van der Waals surface area contributed by atoms with Crippen molar-refractivity contribution in [2.75, 3.05) is 25.0 Å². The van der Waals surface area contributed by atoms with Crippen LogP contribution < -0.4 is 20.7 Å². The van der Waals surface area contributed by atoms with Gasteiger partial charge in [0.15, 0.2) is 0 Å². The number of halogens is 1. The fourth-order valence-electron chi connectivity index (χ4n) is 3.80. The maximum Gasteiger partial charge on any atom is 0.134 e. The molecular weight excluding hydrogens is 434 g/mol. The number of hydrogen-bond acceptors (Lipinski definition) is 5. The predicted octanol–water partition coefficient (Wildman–Crippen LogP) is 5.32. The second-order valence-corrected chi connectivity index (χ2v) is 9.03. The monoisotopic (exact) mass is 463 g/mol. The molecule has 0 fully saturated rings. The van der Waals surface area contributed by atoms with Gasteiger partial charge in [-0.2, -0.15) is 0 Å². The van der Waals surface area contributed by atoms with E-state index in [2.05, 4.69) is 28.1 Å². The van der Waals surface area contributed by atoms with Crippen molar-refractivity contribution in [2.24, 2.45) is 0 Å². The van der Waals surface area contributed by atoms with Crippen LogP contribution in [-0.4, -0.2) is 24.7 Å². The van der Waals surface area contributed by atoms with Gasteiger partial charge >= 0.3 is 0 Å². The summed E-state index contributed by atoms with van der Waals surface area (Å²) in [6, 6.07) is 13.6. The van der Waals surface area contributed by atoms with Crippen molar-refractivity contribution in [1.29, 1.82) is 0 Å². The lowest BCUT2D eigenvalue weighted by Crippen LogP contribution is -2.23. The van der Waals surface area contributed by atoms with E-state index in [1.807, 2.05) is 54.7 Å². The number of fused-ring (bicyclic) bond motifs is 2. The van der Waals surface area contributed by atoms with Crippen LogP contribution in [0.4, 0.5) is 5.69 Å². The topological polar surface area (TPSA) is 65.5 Å². The first-order valence-corrected chi connectivity index (χ1v) is 11.6. The zero-order valence-electron chi connectivity index (χ0n) is 19.0. The number of hydrogen-bond donors (Lipinski definition) is 4. The highest BCUT2D eigenvalue weighted by Gasteiger charge is 2.24. The summed E-state index contributed by atoms with van der Waals surface area (Å²) in [5, 5.41) is 21.4. The molecule has 0 saturated heterocycles. The Bertz CT molecular complexity index is 1110. The quantitative estimate of drug-likeness (QED) is 0.399. The van der Waals surface area contributed by atoms with Crippen LogP contribution in [0.25, 0.3) is 5.57 Å². The summed E-state index contributed by atoms with van der Waals surface area (Å²) in [5.74, 6) is 0.777. The van der Waals surface area contributed by atoms with Crippen molar-refractivity contribution in [3.8, 4) is 5.75 Å². The van der Waals surface area contributed by atoms with E-state index in [4.69, 9.17) is 16.3 Å². The zero-order chi connectivity index (χ0) is 23.3. The normalized spacial score (nSPS) is 16.1. The molecule has 0 unspecified atom stereocenters. The minimum Gasteiger partial charge on any atom is -0.462 e. The van der Waals surface area contributed by atoms with Gasteiger partial charge in [-0.15, -0.1) is 0 Å². The molecule has 172 valence electrons. The lowest BCUT2D eigenvalue weighted by Gasteiger charge is -2.21. The number of ether oxygens (including phenoxy) is 1. The van der Waals surface area contributed by atoms with E-state index in [-0.39, 0.29) is 0 Å². The van der Waals surface area contributed by atoms with Crippen LogP contribution in [0.3, 0.4) is 0 Å². The van der Waals surface area contributed by atoms with Crippen LogP contribution in [0.1, 0.15) is 31.4 Å². The van der Waals surface area contributed by atoms with Gasteiger partial charge < -0.3 is 25.8 Å². The van der Waals surface area contributed by atoms with Crippen LogP contribution >= 0.6 is 11.6 Å². The van der Waals surface area contributed by atoms with Gasteiger partial charge in [-0.3, -0.25) is 0 Å². The minimum absolute atomic E-state index is 0.739. The second kappa shape index (κ2) is 10.3. The molecule has 0 radical (unpaired) electrons. The summed E-state index contributed by atoms with van der Waals surface area (Å²) in [7, 11) is 0. The summed E-state index contributed by atoms with van der Waals surface area (Å²) in [4.78, 5) is 0. The molecule has 0 atom stereocenters. The summed E-state index contributed by atoms with van der Waals surface area (Å²) >= 11 is 5.93. The van der Waals surface area contributed by atoms with Crippen LogP contribution in [0, 0.1) is 0 Å².